The summed E-state index contributed by atoms with van der Waals surface area (Å²) >= 11 is 5.68. The summed E-state index contributed by atoms with van der Waals surface area (Å²) in [5, 5.41) is 36.2. The van der Waals surface area contributed by atoms with Crippen LogP contribution in [0, 0.1) is 0 Å². The Bertz CT molecular complexity index is 847. The number of hydrogen-bond donors (Lipinski definition) is 4. The number of aromatic amines is 1. The average molecular weight is 360 g/mol. The van der Waals surface area contributed by atoms with Crippen LogP contribution in [-0.4, -0.2) is 64.8 Å². The van der Waals surface area contributed by atoms with Crippen LogP contribution >= 0.6 is 11.6 Å². The van der Waals surface area contributed by atoms with Gasteiger partial charge in [-0.2, -0.15) is 0 Å². The van der Waals surface area contributed by atoms with E-state index < -0.39 is 42.4 Å². The third kappa shape index (κ3) is 2.99. The van der Waals surface area contributed by atoms with E-state index in [-0.39, 0.29) is 11.6 Å². The van der Waals surface area contributed by atoms with Crippen LogP contribution in [0.2, 0.25) is 5.02 Å². The van der Waals surface area contributed by atoms with Gasteiger partial charge >= 0.3 is 5.69 Å². The lowest BCUT2D eigenvalue weighted by molar-refractivity contribution is -0.0594. The zero-order valence-electron chi connectivity index (χ0n) is 12.1. The van der Waals surface area contributed by atoms with Crippen LogP contribution in [0.25, 0.3) is 0 Å². The molecule has 130 valence electrons. The molecule has 2 aromatic heterocycles. The minimum Gasteiger partial charge on any atom is -0.394 e. The molecule has 1 saturated heterocycles. The third-order valence-electron chi connectivity index (χ3n) is 3.64. The van der Waals surface area contributed by atoms with Crippen molar-refractivity contribution in [3.63, 3.8) is 0 Å². The molecule has 0 unspecified atom stereocenters. The summed E-state index contributed by atoms with van der Waals surface area (Å²) in [6, 6.07) is 0. The summed E-state index contributed by atoms with van der Waals surface area (Å²) in [6.45, 7) is -0.480. The Morgan fingerprint density at radius 1 is 1.29 bits per heavy atom. The molecule has 3 rings (SSSR count). The molecule has 1 aliphatic heterocycles. The maximum absolute atomic E-state index is 11.7. The van der Waals surface area contributed by atoms with Crippen LogP contribution in [0.15, 0.2) is 22.0 Å². The molecular formula is C12H14ClN5O6. The summed E-state index contributed by atoms with van der Waals surface area (Å²) in [6.07, 6.45) is -1.91. The summed E-state index contributed by atoms with van der Waals surface area (Å²) in [7, 11) is 0. The van der Waals surface area contributed by atoms with E-state index in [0.29, 0.717) is 5.69 Å². The second-order valence-electron chi connectivity index (χ2n) is 5.28. The molecule has 24 heavy (non-hydrogen) atoms. The Labute approximate surface area is 138 Å². The van der Waals surface area contributed by atoms with E-state index in [1.54, 1.807) is 0 Å². The molecule has 2 aromatic rings. The number of aromatic nitrogens is 5. The SMILES string of the molecule is O=c1[nH]c(=O)n(Cc2cn([C@@H]3O[C@H](CO)[C@@H](O)[C@H]3O)nn2)cc1Cl. The van der Waals surface area contributed by atoms with Crippen molar-refractivity contribution in [2.75, 3.05) is 6.61 Å². The highest BCUT2D eigenvalue weighted by molar-refractivity contribution is 6.30. The first-order chi connectivity index (χ1) is 11.4. The van der Waals surface area contributed by atoms with Gasteiger partial charge in [-0.05, 0) is 0 Å². The highest BCUT2D eigenvalue weighted by Gasteiger charge is 2.43. The van der Waals surface area contributed by atoms with Gasteiger partial charge in [0.15, 0.2) is 6.23 Å². The fourth-order valence-corrected chi connectivity index (χ4v) is 2.55. The van der Waals surface area contributed by atoms with E-state index in [9.17, 15) is 19.8 Å². The number of ether oxygens (including phenoxy) is 1. The molecule has 0 bridgehead atoms. The van der Waals surface area contributed by atoms with Gasteiger partial charge in [0.05, 0.1) is 19.3 Å². The van der Waals surface area contributed by atoms with Gasteiger partial charge in [0.25, 0.3) is 5.56 Å². The Morgan fingerprint density at radius 3 is 2.71 bits per heavy atom. The van der Waals surface area contributed by atoms with Gasteiger partial charge in [-0.1, -0.05) is 16.8 Å². The van der Waals surface area contributed by atoms with Gasteiger partial charge in [0, 0.05) is 6.20 Å². The lowest BCUT2D eigenvalue weighted by Crippen LogP contribution is -2.33. The smallest absolute Gasteiger partial charge is 0.328 e. The zero-order chi connectivity index (χ0) is 17.4. The first-order valence-electron chi connectivity index (χ1n) is 6.93. The normalized spacial score (nSPS) is 26.8. The minimum atomic E-state index is -1.29. The lowest BCUT2D eigenvalue weighted by atomic mass is 10.1. The molecule has 11 nitrogen and oxygen atoms in total. The van der Waals surface area contributed by atoms with E-state index in [4.69, 9.17) is 21.4 Å². The number of rotatable bonds is 4. The van der Waals surface area contributed by atoms with Crippen LogP contribution in [0.4, 0.5) is 0 Å². The third-order valence-corrected chi connectivity index (χ3v) is 3.90. The van der Waals surface area contributed by atoms with Gasteiger partial charge in [-0.3, -0.25) is 14.3 Å². The Kier molecular flexibility index (Phi) is 4.51. The first-order valence-corrected chi connectivity index (χ1v) is 7.31. The lowest BCUT2D eigenvalue weighted by Gasteiger charge is -2.13. The molecule has 1 fully saturated rings. The fraction of sp³-hybridized carbons (Fsp3) is 0.500. The summed E-state index contributed by atoms with van der Waals surface area (Å²) in [5.41, 5.74) is -1.02. The predicted molar refractivity (Wildman–Crippen MR) is 78.5 cm³/mol. The Hall–Kier alpha value is -2.05. The number of halogens is 1. The van der Waals surface area contributed by atoms with E-state index in [1.165, 1.54) is 17.1 Å². The number of aliphatic hydroxyl groups is 3. The van der Waals surface area contributed by atoms with E-state index in [1.807, 2.05) is 0 Å². The summed E-state index contributed by atoms with van der Waals surface area (Å²) in [4.78, 5) is 25.0. The molecule has 12 heteroatoms. The van der Waals surface area contributed by atoms with E-state index in [0.717, 1.165) is 4.57 Å². The minimum absolute atomic E-state index is 0.0237. The second-order valence-corrected chi connectivity index (χ2v) is 5.69. The van der Waals surface area contributed by atoms with Crippen LogP contribution < -0.4 is 11.2 Å². The van der Waals surface area contributed by atoms with Crippen molar-refractivity contribution >= 4 is 11.6 Å². The summed E-state index contributed by atoms with van der Waals surface area (Å²) < 4.78 is 7.63. The molecular weight excluding hydrogens is 346 g/mol. The molecule has 3 heterocycles. The van der Waals surface area contributed by atoms with Crippen LogP contribution in [-0.2, 0) is 11.3 Å². The van der Waals surface area contributed by atoms with Gasteiger partial charge in [-0.25, -0.2) is 9.48 Å². The molecule has 0 aromatic carbocycles. The number of H-pyrrole nitrogens is 1. The highest BCUT2D eigenvalue weighted by atomic mass is 35.5. The van der Waals surface area contributed by atoms with Crippen molar-refractivity contribution in [3.8, 4) is 0 Å². The second kappa shape index (κ2) is 6.45. The molecule has 4 atom stereocenters. The summed E-state index contributed by atoms with van der Waals surface area (Å²) in [5.74, 6) is 0. The molecule has 4 N–H and O–H groups in total. The number of aliphatic hydroxyl groups excluding tert-OH is 3. The molecule has 0 spiro atoms. The number of nitrogens with zero attached hydrogens (tertiary/aromatic N) is 4. The van der Waals surface area contributed by atoms with Crippen LogP contribution in [0.1, 0.15) is 11.9 Å². The van der Waals surface area contributed by atoms with Crippen molar-refractivity contribution in [1.29, 1.82) is 0 Å². The van der Waals surface area contributed by atoms with Crippen LogP contribution in [0.5, 0.6) is 0 Å². The molecule has 0 radical (unpaired) electrons. The fourth-order valence-electron chi connectivity index (χ4n) is 2.38. The Balaban J connectivity index is 1.81. The maximum Gasteiger partial charge on any atom is 0.328 e. The zero-order valence-corrected chi connectivity index (χ0v) is 12.9. The van der Waals surface area contributed by atoms with Crippen molar-refractivity contribution in [3.05, 3.63) is 43.9 Å². The van der Waals surface area contributed by atoms with Crippen LogP contribution in [0.3, 0.4) is 0 Å². The molecule has 1 aliphatic rings. The average Bonchev–Trinajstić information content (AvgIpc) is 3.11. The van der Waals surface area contributed by atoms with Crippen molar-refractivity contribution in [1.82, 2.24) is 24.5 Å². The molecule has 0 saturated carbocycles. The largest absolute Gasteiger partial charge is 0.394 e. The van der Waals surface area contributed by atoms with Gasteiger partial charge in [0.1, 0.15) is 29.0 Å². The van der Waals surface area contributed by atoms with Crippen molar-refractivity contribution in [2.24, 2.45) is 0 Å². The van der Waals surface area contributed by atoms with Gasteiger partial charge in [0.2, 0.25) is 0 Å². The maximum atomic E-state index is 11.7. The first kappa shape index (κ1) is 16.8. The topological polar surface area (TPSA) is 155 Å². The van der Waals surface area contributed by atoms with E-state index >= 15 is 0 Å². The van der Waals surface area contributed by atoms with Gasteiger partial charge in [-0.15, -0.1) is 5.10 Å². The van der Waals surface area contributed by atoms with Crippen molar-refractivity contribution in [2.45, 2.75) is 31.1 Å². The molecule has 0 aliphatic carbocycles. The van der Waals surface area contributed by atoms with Gasteiger partial charge < -0.3 is 20.1 Å². The monoisotopic (exact) mass is 359 g/mol. The number of nitrogens with one attached hydrogen (secondary N) is 1. The standard InChI is InChI=1S/C12H14ClN5O6/c13-6-3-17(12(23)14-10(6)22)1-5-2-18(16-15-5)11-9(21)8(20)7(4-19)24-11/h2-3,7-9,11,19-21H,1,4H2,(H,14,22,23)/t7-,8-,9-,11-/m1/s1. The van der Waals surface area contributed by atoms with E-state index in [2.05, 4.69) is 15.3 Å². The molecule has 0 amide bonds. The predicted octanol–water partition coefficient (Wildman–Crippen LogP) is -2.56. The Morgan fingerprint density at radius 2 is 2.04 bits per heavy atom. The highest BCUT2D eigenvalue weighted by Crippen LogP contribution is 2.28. The van der Waals surface area contributed by atoms with Crippen molar-refractivity contribution < 1.29 is 20.1 Å². The number of hydrogen-bond acceptors (Lipinski definition) is 8. The quantitative estimate of drug-likeness (QED) is 0.464.